The minimum Gasteiger partial charge on any atom is -0.378 e. The number of hydrogen-bond donors (Lipinski definition) is 0. The fourth-order valence-corrected chi connectivity index (χ4v) is 3.63. The predicted molar refractivity (Wildman–Crippen MR) is 117 cm³/mol. The highest BCUT2D eigenvalue weighted by atomic mass is 19.1. The third-order valence-electron chi connectivity index (χ3n) is 5.49. The van der Waals surface area contributed by atoms with Gasteiger partial charge in [0.1, 0.15) is 5.82 Å². The summed E-state index contributed by atoms with van der Waals surface area (Å²) >= 11 is 0. The van der Waals surface area contributed by atoms with E-state index >= 15 is 0 Å². The van der Waals surface area contributed by atoms with Crippen LogP contribution in [0.4, 0.5) is 15.8 Å². The van der Waals surface area contributed by atoms with Crippen molar-refractivity contribution in [2.45, 2.75) is 13.5 Å². The molecule has 0 radical (unpaired) electrons. The number of piperazine rings is 1. The van der Waals surface area contributed by atoms with Gasteiger partial charge in [-0.3, -0.25) is 9.69 Å². The lowest BCUT2D eigenvalue weighted by Gasteiger charge is -2.37. The molecule has 0 aliphatic carbocycles. The first-order valence-corrected chi connectivity index (χ1v) is 10.2. The van der Waals surface area contributed by atoms with Gasteiger partial charge < -0.3 is 14.7 Å². The lowest BCUT2D eigenvalue weighted by molar-refractivity contribution is -0.132. The monoisotopic (exact) mass is 398 g/mol. The maximum absolute atomic E-state index is 14.0. The van der Waals surface area contributed by atoms with Crippen LogP contribution in [-0.4, -0.2) is 69.1 Å². The van der Waals surface area contributed by atoms with Gasteiger partial charge in [0.05, 0.1) is 12.2 Å². The van der Waals surface area contributed by atoms with Gasteiger partial charge in [0.25, 0.3) is 0 Å². The van der Waals surface area contributed by atoms with E-state index < -0.39 is 0 Å². The fourth-order valence-electron chi connectivity index (χ4n) is 3.63. The molecule has 1 amide bonds. The van der Waals surface area contributed by atoms with Crippen LogP contribution in [0.2, 0.25) is 0 Å². The normalized spacial score (nSPS) is 14.4. The fraction of sp³-hybridized carbons (Fsp3) is 0.435. The van der Waals surface area contributed by atoms with Gasteiger partial charge in [0.15, 0.2) is 0 Å². The first-order chi connectivity index (χ1) is 14.0. The van der Waals surface area contributed by atoms with Crippen molar-refractivity contribution in [3.8, 4) is 0 Å². The van der Waals surface area contributed by atoms with Gasteiger partial charge in [0.2, 0.25) is 5.91 Å². The molecule has 6 heteroatoms. The van der Waals surface area contributed by atoms with Crippen LogP contribution in [0.3, 0.4) is 0 Å². The molecule has 0 spiro atoms. The van der Waals surface area contributed by atoms with Crippen LogP contribution in [0.1, 0.15) is 12.5 Å². The van der Waals surface area contributed by atoms with E-state index in [1.807, 2.05) is 30.0 Å². The number of halogens is 1. The highest BCUT2D eigenvalue weighted by Crippen LogP contribution is 2.20. The molecule has 1 heterocycles. The molecule has 0 unspecified atom stereocenters. The van der Waals surface area contributed by atoms with Crippen molar-refractivity contribution < 1.29 is 9.18 Å². The van der Waals surface area contributed by atoms with Gasteiger partial charge in [0, 0.05) is 52.5 Å². The summed E-state index contributed by atoms with van der Waals surface area (Å²) in [6, 6.07) is 15.3. The molecule has 1 fully saturated rings. The Kier molecular flexibility index (Phi) is 7.09. The summed E-state index contributed by atoms with van der Waals surface area (Å²) in [6.45, 7) is 6.63. The summed E-state index contributed by atoms with van der Waals surface area (Å²) in [5.74, 6) is -0.0605. The van der Waals surface area contributed by atoms with Gasteiger partial charge in [-0.05, 0) is 36.4 Å². The van der Waals surface area contributed by atoms with Crippen molar-refractivity contribution in [3.05, 3.63) is 59.9 Å². The highest BCUT2D eigenvalue weighted by molar-refractivity contribution is 5.78. The van der Waals surface area contributed by atoms with Crippen molar-refractivity contribution >= 4 is 17.3 Å². The summed E-state index contributed by atoms with van der Waals surface area (Å²) in [6.07, 6.45) is 0. The molecule has 5 nitrogen and oxygen atoms in total. The second kappa shape index (κ2) is 9.74. The third-order valence-corrected chi connectivity index (χ3v) is 5.49. The molecular weight excluding hydrogens is 367 g/mol. The smallest absolute Gasteiger partial charge is 0.236 e. The van der Waals surface area contributed by atoms with Crippen molar-refractivity contribution in [3.63, 3.8) is 0 Å². The van der Waals surface area contributed by atoms with E-state index in [-0.39, 0.29) is 11.7 Å². The van der Waals surface area contributed by atoms with Crippen LogP contribution >= 0.6 is 0 Å². The summed E-state index contributed by atoms with van der Waals surface area (Å²) in [5.41, 5.74) is 2.99. The lowest BCUT2D eigenvalue weighted by Crippen LogP contribution is -2.51. The summed E-state index contributed by atoms with van der Waals surface area (Å²) in [4.78, 5) is 20.9. The molecule has 1 saturated heterocycles. The van der Waals surface area contributed by atoms with Gasteiger partial charge in [-0.15, -0.1) is 0 Å². The summed E-state index contributed by atoms with van der Waals surface area (Å²) in [5, 5.41) is 0. The van der Waals surface area contributed by atoms with E-state index in [1.54, 1.807) is 12.1 Å². The van der Waals surface area contributed by atoms with Crippen LogP contribution in [-0.2, 0) is 11.3 Å². The zero-order valence-corrected chi connectivity index (χ0v) is 17.6. The molecule has 0 atom stereocenters. The number of anilines is 2. The van der Waals surface area contributed by atoms with E-state index in [0.29, 0.717) is 38.4 Å². The van der Waals surface area contributed by atoms with E-state index in [9.17, 15) is 9.18 Å². The second-order valence-electron chi connectivity index (χ2n) is 7.68. The maximum Gasteiger partial charge on any atom is 0.236 e. The van der Waals surface area contributed by atoms with Crippen molar-refractivity contribution in [2.75, 3.05) is 63.2 Å². The van der Waals surface area contributed by atoms with Crippen LogP contribution in [0.15, 0.2) is 48.5 Å². The molecular formula is C23H31FN4O. The molecule has 2 aromatic carbocycles. The minimum atomic E-state index is -0.204. The Bertz CT molecular complexity index is 801. The van der Waals surface area contributed by atoms with Gasteiger partial charge in [-0.25, -0.2) is 4.39 Å². The molecule has 3 rings (SSSR count). The molecule has 29 heavy (non-hydrogen) atoms. The number of carbonyl (C=O) groups is 1. The first-order valence-electron chi connectivity index (χ1n) is 10.2. The van der Waals surface area contributed by atoms with Gasteiger partial charge in [-0.2, -0.15) is 0 Å². The van der Waals surface area contributed by atoms with Crippen molar-refractivity contribution in [1.82, 2.24) is 9.80 Å². The van der Waals surface area contributed by atoms with E-state index in [2.05, 4.69) is 41.0 Å². The Morgan fingerprint density at radius 1 is 1.00 bits per heavy atom. The molecule has 0 saturated carbocycles. The van der Waals surface area contributed by atoms with Crippen LogP contribution in [0.25, 0.3) is 0 Å². The predicted octanol–water partition coefficient (Wildman–Crippen LogP) is 3.06. The maximum atomic E-state index is 14.0. The highest BCUT2D eigenvalue weighted by Gasteiger charge is 2.23. The van der Waals surface area contributed by atoms with Crippen LogP contribution < -0.4 is 9.80 Å². The minimum absolute atomic E-state index is 0.143. The van der Waals surface area contributed by atoms with Crippen LogP contribution in [0.5, 0.6) is 0 Å². The Morgan fingerprint density at radius 2 is 1.66 bits per heavy atom. The lowest BCUT2D eigenvalue weighted by atomic mass is 10.2. The zero-order valence-electron chi connectivity index (χ0n) is 17.6. The molecule has 1 aliphatic heterocycles. The standard InChI is InChI=1S/C23H31FN4O/c1-4-26(17-19-9-11-20(12-10-19)25(2)3)18-23(29)28-15-13-27(14-16-28)22-8-6-5-7-21(22)24/h5-12H,4,13-18H2,1-3H3. The van der Waals surface area contributed by atoms with E-state index in [1.165, 1.54) is 17.3 Å². The van der Waals surface area contributed by atoms with E-state index in [0.717, 1.165) is 13.1 Å². The Hall–Kier alpha value is -2.60. The molecule has 0 bridgehead atoms. The number of likely N-dealkylation sites (N-methyl/N-ethyl adjacent to an activating group) is 1. The number of hydrogen-bond acceptors (Lipinski definition) is 4. The van der Waals surface area contributed by atoms with Crippen molar-refractivity contribution in [1.29, 1.82) is 0 Å². The molecule has 1 aliphatic rings. The summed E-state index contributed by atoms with van der Waals surface area (Å²) in [7, 11) is 4.05. The Morgan fingerprint density at radius 3 is 2.24 bits per heavy atom. The number of amides is 1. The summed E-state index contributed by atoms with van der Waals surface area (Å²) < 4.78 is 14.0. The SMILES string of the molecule is CCN(CC(=O)N1CCN(c2ccccc2F)CC1)Cc1ccc(N(C)C)cc1. The Balaban J connectivity index is 1.52. The molecule has 156 valence electrons. The second-order valence-corrected chi connectivity index (χ2v) is 7.68. The number of rotatable bonds is 7. The number of carbonyl (C=O) groups excluding carboxylic acids is 1. The number of para-hydroxylation sites is 1. The topological polar surface area (TPSA) is 30.0 Å². The average Bonchev–Trinajstić information content (AvgIpc) is 2.74. The molecule has 0 aromatic heterocycles. The molecule has 0 N–H and O–H groups in total. The van der Waals surface area contributed by atoms with Crippen molar-refractivity contribution in [2.24, 2.45) is 0 Å². The van der Waals surface area contributed by atoms with E-state index in [4.69, 9.17) is 0 Å². The van der Waals surface area contributed by atoms with Gasteiger partial charge in [-0.1, -0.05) is 31.2 Å². The van der Waals surface area contributed by atoms with Crippen LogP contribution in [0, 0.1) is 5.82 Å². The van der Waals surface area contributed by atoms with Gasteiger partial charge >= 0.3 is 0 Å². The number of benzene rings is 2. The third kappa shape index (κ3) is 5.48. The quantitative estimate of drug-likeness (QED) is 0.717. The average molecular weight is 399 g/mol. The molecule has 2 aromatic rings. The Labute approximate surface area is 173 Å². The zero-order chi connectivity index (χ0) is 20.8. The number of nitrogens with zero attached hydrogens (tertiary/aromatic N) is 4. The largest absolute Gasteiger partial charge is 0.378 e. The first kappa shape index (κ1) is 21.1.